The second-order valence-electron chi connectivity index (χ2n) is 8.08. The van der Waals surface area contributed by atoms with Gasteiger partial charge in [0.2, 0.25) is 15.9 Å². The average molecular weight is 449 g/mol. The lowest BCUT2D eigenvalue weighted by Gasteiger charge is -2.20. The molecule has 0 spiro atoms. The van der Waals surface area contributed by atoms with Crippen molar-refractivity contribution in [3.63, 3.8) is 0 Å². The van der Waals surface area contributed by atoms with Gasteiger partial charge in [0.1, 0.15) is 0 Å². The van der Waals surface area contributed by atoms with Gasteiger partial charge in [-0.1, -0.05) is 72.8 Å². The van der Waals surface area contributed by atoms with E-state index in [1.54, 1.807) is 16.4 Å². The molecule has 1 saturated heterocycles. The molecule has 0 unspecified atom stereocenters. The molecule has 0 atom stereocenters. The van der Waals surface area contributed by atoms with Gasteiger partial charge in [-0.3, -0.25) is 4.79 Å². The number of benzene rings is 3. The van der Waals surface area contributed by atoms with E-state index in [-0.39, 0.29) is 11.9 Å². The van der Waals surface area contributed by atoms with Crippen LogP contribution in [0.4, 0.5) is 0 Å². The predicted octanol–water partition coefficient (Wildman–Crippen LogP) is 4.31. The van der Waals surface area contributed by atoms with Gasteiger partial charge >= 0.3 is 0 Å². The zero-order valence-corrected chi connectivity index (χ0v) is 18.8. The number of hydrogen-bond donors (Lipinski definition) is 1. The van der Waals surface area contributed by atoms with Crippen molar-refractivity contribution in [1.82, 2.24) is 9.62 Å². The Balaban J connectivity index is 1.39. The fourth-order valence-corrected chi connectivity index (χ4v) is 5.56. The molecule has 3 aromatic rings. The van der Waals surface area contributed by atoms with Crippen LogP contribution >= 0.6 is 0 Å². The predicted molar refractivity (Wildman–Crippen MR) is 126 cm³/mol. The molecule has 0 aliphatic carbocycles. The van der Waals surface area contributed by atoms with Crippen molar-refractivity contribution >= 4 is 15.9 Å². The second kappa shape index (κ2) is 10.1. The monoisotopic (exact) mass is 448 g/mol. The first-order valence-electron chi connectivity index (χ1n) is 11.0. The third kappa shape index (κ3) is 5.26. The van der Waals surface area contributed by atoms with E-state index in [1.165, 1.54) is 0 Å². The van der Waals surface area contributed by atoms with Gasteiger partial charge in [0.25, 0.3) is 0 Å². The molecular weight excluding hydrogens is 420 g/mol. The van der Waals surface area contributed by atoms with Gasteiger partial charge in [-0.25, -0.2) is 8.42 Å². The zero-order chi connectivity index (χ0) is 22.4. The first-order chi connectivity index (χ1) is 15.5. The zero-order valence-electron chi connectivity index (χ0n) is 18.0. The summed E-state index contributed by atoms with van der Waals surface area (Å²) in [4.78, 5) is 13.1. The third-order valence-corrected chi connectivity index (χ3v) is 7.75. The number of rotatable bonds is 8. The molecule has 3 aromatic carbocycles. The van der Waals surface area contributed by atoms with Gasteiger partial charge in [-0.2, -0.15) is 4.31 Å². The van der Waals surface area contributed by atoms with Crippen molar-refractivity contribution in [1.29, 1.82) is 0 Å². The Morgan fingerprint density at radius 2 is 1.34 bits per heavy atom. The summed E-state index contributed by atoms with van der Waals surface area (Å²) < 4.78 is 26.9. The summed E-state index contributed by atoms with van der Waals surface area (Å²) >= 11 is 0. The van der Waals surface area contributed by atoms with E-state index >= 15 is 0 Å². The first kappa shape index (κ1) is 22.2. The Hall–Kier alpha value is -2.96. The Bertz CT molecular complexity index is 1090. The standard InChI is InChI=1S/C26H28N2O3S/c29-25(27-26(22-9-3-1-4-10-22)23-11-5-2-6-12-23)18-15-21-13-16-24(17-14-21)32(30,31)28-19-7-8-20-28/h1-6,9-14,16-17,26H,7-8,15,18-20H2,(H,27,29). The van der Waals surface area contributed by atoms with E-state index in [1.807, 2.05) is 72.8 Å². The smallest absolute Gasteiger partial charge is 0.243 e. The van der Waals surface area contributed by atoms with E-state index in [4.69, 9.17) is 0 Å². The van der Waals surface area contributed by atoms with Gasteiger partial charge in [-0.05, 0) is 48.1 Å². The Labute approximate surface area is 190 Å². The van der Waals surface area contributed by atoms with Crippen LogP contribution in [-0.2, 0) is 21.2 Å². The summed E-state index contributed by atoms with van der Waals surface area (Å²) in [5, 5.41) is 3.15. The minimum absolute atomic E-state index is 0.0449. The molecule has 6 heteroatoms. The van der Waals surface area contributed by atoms with Crippen molar-refractivity contribution in [2.75, 3.05) is 13.1 Å². The maximum atomic E-state index is 12.8. The van der Waals surface area contributed by atoms with Crippen LogP contribution in [0.15, 0.2) is 89.8 Å². The highest BCUT2D eigenvalue weighted by atomic mass is 32.2. The lowest BCUT2D eigenvalue weighted by Crippen LogP contribution is -2.29. The number of nitrogens with one attached hydrogen (secondary N) is 1. The number of hydrogen-bond acceptors (Lipinski definition) is 3. The number of aryl methyl sites for hydroxylation is 1. The van der Waals surface area contributed by atoms with Crippen LogP contribution in [0, 0.1) is 0 Å². The van der Waals surface area contributed by atoms with Crippen LogP contribution in [0.5, 0.6) is 0 Å². The van der Waals surface area contributed by atoms with Gasteiger partial charge in [0.05, 0.1) is 10.9 Å². The maximum absolute atomic E-state index is 12.8. The van der Waals surface area contributed by atoms with Gasteiger partial charge in [0, 0.05) is 19.5 Å². The summed E-state index contributed by atoms with van der Waals surface area (Å²) in [6, 6.07) is 26.5. The van der Waals surface area contributed by atoms with Crippen molar-refractivity contribution in [3.05, 3.63) is 102 Å². The molecule has 32 heavy (non-hydrogen) atoms. The van der Waals surface area contributed by atoms with Gasteiger partial charge < -0.3 is 5.32 Å². The highest BCUT2D eigenvalue weighted by molar-refractivity contribution is 7.89. The van der Waals surface area contributed by atoms with Crippen LogP contribution in [-0.4, -0.2) is 31.7 Å². The molecule has 0 saturated carbocycles. The van der Waals surface area contributed by atoms with Crippen molar-refractivity contribution in [2.24, 2.45) is 0 Å². The van der Waals surface area contributed by atoms with Crippen LogP contribution in [0.3, 0.4) is 0 Å². The summed E-state index contributed by atoms with van der Waals surface area (Å²) in [7, 11) is -3.41. The fourth-order valence-electron chi connectivity index (χ4n) is 4.05. The van der Waals surface area contributed by atoms with Crippen molar-refractivity contribution in [3.8, 4) is 0 Å². The average Bonchev–Trinajstić information content (AvgIpc) is 3.39. The largest absolute Gasteiger partial charge is 0.345 e. The molecule has 1 N–H and O–H groups in total. The third-order valence-electron chi connectivity index (χ3n) is 5.84. The number of carbonyl (C=O) groups excluding carboxylic acids is 1. The molecule has 1 amide bonds. The first-order valence-corrected chi connectivity index (χ1v) is 12.5. The quantitative estimate of drug-likeness (QED) is 0.558. The van der Waals surface area contributed by atoms with E-state index in [0.717, 1.165) is 29.5 Å². The summed E-state index contributed by atoms with van der Waals surface area (Å²) in [6.07, 6.45) is 2.71. The lowest BCUT2D eigenvalue weighted by atomic mass is 9.98. The summed E-state index contributed by atoms with van der Waals surface area (Å²) in [6.45, 7) is 1.18. The van der Waals surface area contributed by atoms with Crippen LogP contribution < -0.4 is 5.32 Å². The van der Waals surface area contributed by atoms with Crippen molar-refractivity contribution in [2.45, 2.75) is 36.6 Å². The summed E-state index contributed by atoms with van der Waals surface area (Å²) in [5.41, 5.74) is 3.00. The Morgan fingerprint density at radius 3 is 1.88 bits per heavy atom. The molecule has 1 aliphatic heterocycles. The van der Waals surface area contributed by atoms with E-state index in [2.05, 4.69) is 5.32 Å². The Morgan fingerprint density at radius 1 is 0.812 bits per heavy atom. The lowest BCUT2D eigenvalue weighted by molar-refractivity contribution is -0.121. The van der Waals surface area contributed by atoms with Gasteiger partial charge in [-0.15, -0.1) is 0 Å². The number of nitrogens with zero attached hydrogens (tertiary/aromatic N) is 1. The molecule has 0 bridgehead atoms. The van der Waals surface area contributed by atoms with E-state index in [9.17, 15) is 13.2 Å². The minimum Gasteiger partial charge on any atom is -0.345 e. The highest BCUT2D eigenvalue weighted by Crippen LogP contribution is 2.23. The second-order valence-corrected chi connectivity index (χ2v) is 10.0. The molecule has 1 fully saturated rings. The molecule has 1 heterocycles. The highest BCUT2D eigenvalue weighted by Gasteiger charge is 2.26. The van der Waals surface area contributed by atoms with Crippen LogP contribution in [0.25, 0.3) is 0 Å². The van der Waals surface area contributed by atoms with E-state index < -0.39 is 10.0 Å². The minimum atomic E-state index is -3.41. The van der Waals surface area contributed by atoms with E-state index in [0.29, 0.717) is 30.8 Å². The molecular formula is C26H28N2O3S. The molecule has 166 valence electrons. The number of carbonyl (C=O) groups is 1. The normalized spacial score (nSPS) is 14.5. The van der Waals surface area contributed by atoms with Crippen LogP contribution in [0.1, 0.15) is 42.0 Å². The summed E-state index contributed by atoms with van der Waals surface area (Å²) in [5.74, 6) is -0.0449. The number of amides is 1. The van der Waals surface area contributed by atoms with Gasteiger partial charge in [0.15, 0.2) is 0 Å². The Kier molecular flexibility index (Phi) is 7.02. The molecule has 5 nitrogen and oxygen atoms in total. The molecule has 4 rings (SSSR count). The molecule has 0 radical (unpaired) electrons. The van der Waals surface area contributed by atoms with Crippen molar-refractivity contribution < 1.29 is 13.2 Å². The number of sulfonamides is 1. The van der Waals surface area contributed by atoms with Crippen LogP contribution in [0.2, 0.25) is 0 Å². The SMILES string of the molecule is O=C(CCc1ccc(S(=O)(=O)N2CCCC2)cc1)NC(c1ccccc1)c1ccccc1. The maximum Gasteiger partial charge on any atom is 0.243 e. The fraction of sp³-hybridized carbons (Fsp3) is 0.269. The molecule has 1 aliphatic rings. The topological polar surface area (TPSA) is 66.5 Å². The molecule has 0 aromatic heterocycles.